The van der Waals surface area contributed by atoms with Crippen molar-refractivity contribution in [1.29, 1.82) is 0 Å². The molecular formula is C20H26F3N5O3. The summed E-state index contributed by atoms with van der Waals surface area (Å²) in [6.45, 7) is 3.33. The van der Waals surface area contributed by atoms with Crippen LogP contribution >= 0.6 is 0 Å². The number of hydrogen-bond acceptors (Lipinski definition) is 4. The Morgan fingerprint density at radius 2 is 1.87 bits per heavy atom. The molecule has 31 heavy (non-hydrogen) atoms. The Hall–Kier alpha value is -2.98. The van der Waals surface area contributed by atoms with Crippen LogP contribution in [0.4, 0.5) is 23.7 Å². The van der Waals surface area contributed by atoms with Gasteiger partial charge in [0.1, 0.15) is 5.75 Å². The number of alkyl halides is 3. The lowest BCUT2D eigenvalue weighted by atomic mass is 10.1. The van der Waals surface area contributed by atoms with Gasteiger partial charge in [-0.15, -0.1) is 5.10 Å². The molecule has 0 atom stereocenters. The molecule has 8 nitrogen and oxygen atoms in total. The van der Waals surface area contributed by atoms with E-state index in [1.165, 1.54) is 0 Å². The number of likely N-dealkylation sites (tertiary alicyclic amines) is 1. The van der Waals surface area contributed by atoms with Crippen molar-refractivity contribution in [2.45, 2.75) is 44.8 Å². The summed E-state index contributed by atoms with van der Waals surface area (Å²) in [6, 6.07) is 6.27. The summed E-state index contributed by atoms with van der Waals surface area (Å²) in [5.41, 5.74) is -0.192. The van der Waals surface area contributed by atoms with Crippen molar-refractivity contribution in [3.63, 3.8) is 0 Å². The minimum atomic E-state index is -4.70. The third-order valence-corrected chi connectivity index (χ3v) is 5.23. The summed E-state index contributed by atoms with van der Waals surface area (Å²) < 4.78 is 45.9. The summed E-state index contributed by atoms with van der Waals surface area (Å²) >= 11 is 0. The zero-order chi connectivity index (χ0) is 22.6. The largest absolute Gasteiger partial charge is 0.494 e. The fourth-order valence-electron chi connectivity index (χ4n) is 3.43. The summed E-state index contributed by atoms with van der Waals surface area (Å²) in [6.07, 6.45) is -2.01. The number of piperidine rings is 1. The van der Waals surface area contributed by atoms with Crippen LogP contribution in [-0.4, -0.2) is 45.0 Å². The van der Waals surface area contributed by atoms with E-state index in [2.05, 4.69) is 17.3 Å². The number of rotatable bonds is 6. The van der Waals surface area contributed by atoms with Gasteiger partial charge in [-0.3, -0.25) is 4.57 Å². The van der Waals surface area contributed by atoms with Gasteiger partial charge in [0.25, 0.3) is 0 Å². The molecule has 1 aliphatic heterocycles. The van der Waals surface area contributed by atoms with Gasteiger partial charge in [-0.2, -0.15) is 13.2 Å². The molecule has 1 fully saturated rings. The number of carbonyl (C=O) groups is 1. The van der Waals surface area contributed by atoms with Gasteiger partial charge in [-0.1, -0.05) is 13.3 Å². The molecule has 0 radical (unpaired) electrons. The van der Waals surface area contributed by atoms with Gasteiger partial charge in [0, 0.05) is 25.8 Å². The van der Waals surface area contributed by atoms with Gasteiger partial charge < -0.3 is 15.0 Å². The average Bonchev–Trinajstić information content (AvgIpc) is 3.04. The van der Waals surface area contributed by atoms with E-state index < -0.39 is 23.7 Å². The molecule has 1 aromatic heterocycles. The van der Waals surface area contributed by atoms with Gasteiger partial charge in [0.15, 0.2) is 0 Å². The van der Waals surface area contributed by atoms with E-state index in [0.717, 1.165) is 30.3 Å². The molecular weight excluding hydrogens is 415 g/mol. The highest BCUT2D eigenvalue weighted by molar-refractivity contribution is 5.89. The predicted molar refractivity (Wildman–Crippen MR) is 108 cm³/mol. The first-order chi connectivity index (χ1) is 14.7. The molecule has 0 spiro atoms. The second-order valence-corrected chi connectivity index (χ2v) is 7.48. The lowest BCUT2D eigenvalue weighted by molar-refractivity contribution is -0.147. The number of anilines is 1. The molecule has 170 valence electrons. The van der Waals surface area contributed by atoms with Crippen molar-refractivity contribution in [1.82, 2.24) is 19.2 Å². The molecule has 1 aromatic carbocycles. The molecule has 0 unspecified atom stereocenters. The number of benzene rings is 1. The standard InChI is InChI=1S/C20H26F3N5O3/c1-3-4-13-31-16-7-5-14(6-8-16)24-18(29)27-11-9-15(10-12-27)28-19(30)26(2)17(25-28)20(21,22)23/h5-8,15H,3-4,9-13H2,1-2H3,(H,24,29). The molecule has 2 amide bonds. The Morgan fingerprint density at radius 3 is 2.42 bits per heavy atom. The Balaban J connectivity index is 1.55. The number of nitrogens with zero attached hydrogens (tertiary/aromatic N) is 4. The van der Waals surface area contributed by atoms with Crippen molar-refractivity contribution in [2.75, 3.05) is 25.0 Å². The number of halogens is 3. The van der Waals surface area contributed by atoms with E-state index in [9.17, 15) is 22.8 Å². The van der Waals surface area contributed by atoms with Crippen LogP contribution in [-0.2, 0) is 13.2 Å². The highest BCUT2D eigenvalue weighted by Crippen LogP contribution is 2.28. The van der Waals surface area contributed by atoms with E-state index in [1.807, 2.05) is 0 Å². The highest BCUT2D eigenvalue weighted by atomic mass is 19.4. The quantitative estimate of drug-likeness (QED) is 0.694. The van der Waals surface area contributed by atoms with E-state index in [-0.39, 0.29) is 6.03 Å². The van der Waals surface area contributed by atoms with Crippen LogP contribution in [0.1, 0.15) is 44.5 Å². The first-order valence-corrected chi connectivity index (χ1v) is 10.2. The minimum Gasteiger partial charge on any atom is -0.494 e. The molecule has 1 saturated heterocycles. The number of unbranched alkanes of at least 4 members (excludes halogenated alkanes) is 1. The molecule has 0 aliphatic carbocycles. The fourth-order valence-corrected chi connectivity index (χ4v) is 3.43. The van der Waals surface area contributed by atoms with Crippen LogP contribution in [0.2, 0.25) is 0 Å². The number of urea groups is 1. The summed E-state index contributed by atoms with van der Waals surface area (Å²) in [4.78, 5) is 26.2. The maximum atomic E-state index is 13.0. The first-order valence-electron chi connectivity index (χ1n) is 10.2. The third kappa shape index (κ3) is 5.39. The van der Waals surface area contributed by atoms with Crippen LogP contribution in [0, 0.1) is 0 Å². The topological polar surface area (TPSA) is 81.4 Å². The van der Waals surface area contributed by atoms with Crippen molar-refractivity contribution >= 4 is 11.7 Å². The SMILES string of the molecule is CCCCOc1ccc(NC(=O)N2CCC(n3nc(C(F)(F)F)n(C)c3=O)CC2)cc1. The van der Waals surface area contributed by atoms with Crippen LogP contribution in [0.3, 0.4) is 0 Å². The van der Waals surface area contributed by atoms with Crippen LogP contribution in [0.5, 0.6) is 5.75 Å². The third-order valence-electron chi connectivity index (χ3n) is 5.23. The van der Waals surface area contributed by atoms with Gasteiger partial charge in [0.05, 0.1) is 12.6 Å². The van der Waals surface area contributed by atoms with E-state index in [1.54, 1.807) is 29.2 Å². The summed E-state index contributed by atoms with van der Waals surface area (Å²) in [5.74, 6) is -0.494. The molecule has 1 N–H and O–H groups in total. The minimum absolute atomic E-state index is 0.303. The van der Waals surface area contributed by atoms with Crippen LogP contribution in [0.15, 0.2) is 29.1 Å². The second-order valence-electron chi connectivity index (χ2n) is 7.48. The molecule has 2 heterocycles. The normalized spacial score (nSPS) is 15.2. The predicted octanol–water partition coefficient (Wildman–Crippen LogP) is 3.65. The van der Waals surface area contributed by atoms with Crippen molar-refractivity contribution in [3.8, 4) is 5.75 Å². The number of carbonyl (C=O) groups excluding carboxylic acids is 1. The maximum Gasteiger partial charge on any atom is 0.451 e. The summed E-state index contributed by atoms with van der Waals surface area (Å²) in [5, 5.41) is 6.29. The van der Waals surface area contributed by atoms with Gasteiger partial charge in [0.2, 0.25) is 5.82 Å². The van der Waals surface area contributed by atoms with Crippen molar-refractivity contribution in [2.24, 2.45) is 7.05 Å². The number of nitrogens with one attached hydrogen (secondary N) is 1. The number of ether oxygens (including phenoxy) is 1. The Kier molecular flexibility index (Phi) is 6.91. The van der Waals surface area contributed by atoms with Crippen LogP contribution < -0.4 is 15.7 Å². The molecule has 1 aliphatic rings. The zero-order valence-electron chi connectivity index (χ0n) is 17.5. The van der Waals surface area contributed by atoms with E-state index >= 15 is 0 Å². The molecule has 3 rings (SSSR count). The molecule has 0 saturated carbocycles. The number of hydrogen-bond donors (Lipinski definition) is 1. The van der Waals surface area contributed by atoms with Crippen LogP contribution in [0.25, 0.3) is 0 Å². The molecule has 11 heteroatoms. The first kappa shape index (κ1) is 22.7. The smallest absolute Gasteiger partial charge is 0.451 e. The monoisotopic (exact) mass is 441 g/mol. The lowest BCUT2D eigenvalue weighted by Gasteiger charge is -2.31. The second kappa shape index (κ2) is 9.44. The zero-order valence-corrected chi connectivity index (χ0v) is 17.5. The Labute approximate surface area is 177 Å². The van der Waals surface area contributed by atoms with E-state index in [0.29, 0.717) is 42.8 Å². The van der Waals surface area contributed by atoms with Gasteiger partial charge in [-0.25, -0.2) is 14.3 Å². The van der Waals surface area contributed by atoms with Crippen molar-refractivity contribution < 1.29 is 22.7 Å². The van der Waals surface area contributed by atoms with Gasteiger partial charge >= 0.3 is 17.9 Å². The summed E-state index contributed by atoms with van der Waals surface area (Å²) in [7, 11) is 1.05. The Morgan fingerprint density at radius 1 is 1.23 bits per heavy atom. The van der Waals surface area contributed by atoms with E-state index in [4.69, 9.17) is 4.74 Å². The molecule has 2 aromatic rings. The fraction of sp³-hybridized carbons (Fsp3) is 0.550. The maximum absolute atomic E-state index is 13.0. The Bertz CT molecular complexity index is 944. The molecule has 0 bridgehead atoms. The lowest BCUT2D eigenvalue weighted by Crippen LogP contribution is -2.43. The highest BCUT2D eigenvalue weighted by Gasteiger charge is 2.39. The number of amides is 2. The van der Waals surface area contributed by atoms with Gasteiger partial charge in [-0.05, 0) is 43.5 Å². The number of aromatic nitrogens is 3. The average molecular weight is 441 g/mol. The van der Waals surface area contributed by atoms with Crippen molar-refractivity contribution in [3.05, 3.63) is 40.6 Å².